The fraction of sp³-hybridized carbons (Fsp3) is 0.455. The molecule has 0 fully saturated rings. The Kier molecular flexibility index (Phi) is 2.13. The monoisotopic (exact) mass is 176 g/mol. The van der Waals surface area contributed by atoms with E-state index in [9.17, 15) is 0 Å². The summed E-state index contributed by atoms with van der Waals surface area (Å²) in [7, 11) is 2.14. The number of fused-ring (bicyclic) bond motifs is 1. The minimum atomic E-state index is 0.868. The third kappa shape index (κ3) is 1.62. The molecule has 0 saturated carbocycles. The smallest absolute Gasteiger partial charge is 0.0416 e. The lowest BCUT2D eigenvalue weighted by Gasteiger charge is -2.19. The van der Waals surface area contributed by atoms with Gasteiger partial charge in [-0.05, 0) is 37.0 Å². The van der Waals surface area contributed by atoms with Crippen molar-refractivity contribution in [2.75, 3.05) is 24.2 Å². The van der Waals surface area contributed by atoms with E-state index < -0.39 is 0 Å². The molecule has 0 bridgehead atoms. The molecule has 0 aromatic heterocycles. The van der Waals surface area contributed by atoms with Crippen molar-refractivity contribution in [2.24, 2.45) is 0 Å². The standard InChI is InChI=1S/C11H16N2/c1-13-7-3-2-4-9-5-6-10(12)8-11(9)13/h5-6,8H,2-4,7,12H2,1H3. The van der Waals surface area contributed by atoms with Gasteiger partial charge in [0, 0.05) is 25.0 Å². The molecule has 1 aromatic rings. The Balaban J connectivity index is 2.43. The number of nitrogens with two attached hydrogens (primary N) is 1. The van der Waals surface area contributed by atoms with Crippen LogP contribution in [0.5, 0.6) is 0 Å². The molecule has 70 valence electrons. The van der Waals surface area contributed by atoms with Gasteiger partial charge in [-0.15, -0.1) is 0 Å². The normalized spacial score (nSPS) is 16.5. The maximum atomic E-state index is 5.77. The van der Waals surface area contributed by atoms with Crippen LogP contribution in [0.15, 0.2) is 18.2 Å². The van der Waals surface area contributed by atoms with Gasteiger partial charge in [0.15, 0.2) is 0 Å². The highest BCUT2D eigenvalue weighted by molar-refractivity contribution is 5.61. The Labute approximate surface area is 79.4 Å². The Morgan fingerprint density at radius 1 is 1.31 bits per heavy atom. The Bertz CT molecular complexity index is 307. The first-order chi connectivity index (χ1) is 6.27. The van der Waals surface area contributed by atoms with E-state index in [4.69, 9.17) is 5.73 Å². The van der Waals surface area contributed by atoms with Crippen molar-refractivity contribution in [1.82, 2.24) is 0 Å². The van der Waals surface area contributed by atoms with Crippen LogP contribution in [0.1, 0.15) is 18.4 Å². The van der Waals surface area contributed by atoms with Crippen molar-refractivity contribution in [1.29, 1.82) is 0 Å². The summed E-state index contributed by atoms with van der Waals surface area (Å²) < 4.78 is 0. The van der Waals surface area contributed by atoms with Crippen LogP contribution in [0.4, 0.5) is 11.4 Å². The quantitative estimate of drug-likeness (QED) is 0.613. The average Bonchev–Trinajstić information content (AvgIpc) is 2.29. The molecular weight excluding hydrogens is 160 g/mol. The van der Waals surface area contributed by atoms with Crippen molar-refractivity contribution in [3.63, 3.8) is 0 Å². The maximum absolute atomic E-state index is 5.77. The number of hydrogen-bond donors (Lipinski definition) is 1. The van der Waals surface area contributed by atoms with E-state index in [2.05, 4.69) is 24.1 Å². The fourth-order valence-corrected chi connectivity index (χ4v) is 1.93. The van der Waals surface area contributed by atoms with E-state index in [1.807, 2.05) is 6.07 Å². The zero-order valence-electron chi connectivity index (χ0n) is 8.09. The lowest BCUT2D eigenvalue weighted by Crippen LogP contribution is -2.17. The van der Waals surface area contributed by atoms with Gasteiger partial charge in [0.25, 0.3) is 0 Å². The average molecular weight is 176 g/mol. The summed E-state index contributed by atoms with van der Waals surface area (Å²) in [5.74, 6) is 0. The zero-order chi connectivity index (χ0) is 9.26. The first-order valence-corrected chi connectivity index (χ1v) is 4.87. The highest BCUT2D eigenvalue weighted by Crippen LogP contribution is 2.26. The number of anilines is 2. The van der Waals surface area contributed by atoms with Crippen molar-refractivity contribution in [3.8, 4) is 0 Å². The number of nitrogens with zero attached hydrogens (tertiary/aromatic N) is 1. The third-order valence-corrected chi connectivity index (χ3v) is 2.71. The molecule has 1 heterocycles. The summed E-state index contributed by atoms with van der Waals surface area (Å²) >= 11 is 0. The minimum Gasteiger partial charge on any atom is -0.399 e. The first kappa shape index (κ1) is 8.42. The molecule has 0 unspecified atom stereocenters. The molecule has 1 aliphatic heterocycles. The van der Waals surface area contributed by atoms with Gasteiger partial charge in [0.05, 0.1) is 0 Å². The summed E-state index contributed by atoms with van der Waals surface area (Å²) in [5.41, 5.74) is 9.39. The van der Waals surface area contributed by atoms with Crippen molar-refractivity contribution in [2.45, 2.75) is 19.3 Å². The largest absolute Gasteiger partial charge is 0.399 e. The van der Waals surface area contributed by atoms with Crippen molar-refractivity contribution in [3.05, 3.63) is 23.8 Å². The summed E-state index contributed by atoms with van der Waals surface area (Å²) in [4.78, 5) is 2.30. The van der Waals surface area contributed by atoms with Gasteiger partial charge in [-0.2, -0.15) is 0 Å². The molecule has 13 heavy (non-hydrogen) atoms. The van der Waals surface area contributed by atoms with E-state index in [1.54, 1.807) is 0 Å². The number of rotatable bonds is 0. The molecule has 2 N–H and O–H groups in total. The summed E-state index contributed by atoms with van der Waals surface area (Å²) in [6.45, 7) is 1.15. The molecule has 0 spiro atoms. The van der Waals surface area contributed by atoms with Gasteiger partial charge in [0.1, 0.15) is 0 Å². The van der Waals surface area contributed by atoms with E-state index in [0.29, 0.717) is 0 Å². The van der Waals surface area contributed by atoms with Gasteiger partial charge in [0.2, 0.25) is 0 Å². The Morgan fingerprint density at radius 2 is 2.15 bits per heavy atom. The minimum absolute atomic E-state index is 0.868. The molecule has 0 atom stereocenters. The van der Waals surface area contributed by atoms with Crippen LogP contribution in [0.3, 0.4) is 0 Å². The molecule has 1 aromatic carbocycles. The van der Waals surface area contributed by atoms with Gasteiger partial charge < -0.3 is 10.6 Å². The molecule has 2 heteroatoms. The molecule has 0 aliphatic carbocycles. The predicted octanol–water partition coefficient (Wildman–Crippen LogP) is 2.04. The van der Waals surface area contributed by atoms with E-state index in [1.165, 1.54) is 30.5 Å². The summed E-state index contributed by atoms with van der Waals surface area (Å²) in [6, 6.07) is 6.24. The van der Waals surface area contributed by atoms with Crippen LogP contribution in [-0.4, -0.2) is 13.6 Å². The van der Waals surface area contributed by atoms with Crippen molar-refractivity contribution < 1.29 is 0 Å². The molecular formula is C11H16N2. The predicted molar refractivity (Wildman–Crippen MR) is 57.1 cm³/mol. The first-order valence-electron chi connectivity index (χ1n) is 4.87. The summed E-state index contributed by atoms with van der Waals surface area (Å²) in [6.07, 6.45) is 3.77. The molecule has 0 saturated heterocycles. The van der Waals surface area contributed by atoms with Crippen LogP contribution < -0.4 is 10.6 Å². The number of benzene rings is 1. The lowest BCUT2D eigenvalue weighted by atomic mass is 10.1. The maximum Gasteiger partial charge on any atom is 0.0416 e. The second-order valence-corrected chi connectivity index (χ2v) is 3.77. The molecule has 2 rings (SSSR count). The number of nitrogen functional groups attached to an aromatic ring is 1. The third-order valence-electron chi connectivity index (χ3n) is 2.71. The fourth-order valence-electron chi connectivity index (χ4n) is 1.93. The van der Waals surface area contributed by atoms with E-state index >= 15 is 0 Å². The second-order valence-electron chi connectivity index (χ2n) is 3.77. The van der Waals surface area contributed by atoms with E-state index in [0.717, 1.165) is 12.2 Å². The molecule has 0 amide bonds. The van der Waals surface area contributed by atoms with Crippen LogP contribution in [0, 0.1) is 0 Å². The Morgan fingerprint density at radius 3 is 3.00 bits per heavy atom. The summed E-state index contributed by atoms with van der Waals surface area (Å²) in [5, 5.41) is 0. The van der Waals surface area contributed by atoms with Crippen molar-refractivity contribution >= 4 is 11.4 Å². The highest BCUT2D eigenvalue weighted by atomic mass is 15.1. The molecule has 1 aliphatic rings. The molecule has 0 radical (unpaired) electrons. The van der Waals surface area contributed by atoms with Crippen LogP contribution >= 0.6 is 0 Å². The zero-order valence-corrected chi connectivity index (χ0v) is 8.09. The number of aryl methyl sites for hydroxylation is 1. The SMILES string of the molecule is CN1CCCCc2ccc(N)cc21. The van der Waals surface area contributed by atoms with Crippen LogP contribution in [0.2, 0.25) is 0 Å². The Hall–Kier alpha value is -1.18. The van der Waals surface area contributed by atoms with Gasteiger partial charge >= 0.3 is 0 Å². The van der Waals surface area contributed by atoms with Gasteiger partial charge in [-0.1, -0.05) is 6.07 Å². The molecule has 2 nitrogen and oxygen atoms in total. The highest BCUT2D eigenvalue weighted by Gasteiger charge is 2.11. The second kappa shape index (κ2) is 3.29. The van der Waals surface area contributed by atoms with Gasteiger partial charge in [-0.3, -0.25) is 0 Å². The van der Waals surface area contributed by atoms with E-state index in [-0.39, 0.29) is 0 Å². The topological polar surface area (TPSA) is 29.3 Å². The van der Waals surface area contributed by atoms with Gasteiger partial charge in [-0.25, -0.2) is 0 Å². The van der Waals surface area contributed by atoms with Crippen LogP contribution in [-0.2, 0) is 6.42 Å². The van der Waals surface area contributed by atoms with Crippen LogP contribution in [0.25, 0.3) is 0 Å². The lowest BCUT2D eigenvalue weighted by molar-refractivity contribution is 0.750. The number of hydrogen-bond acceptors (Lipinski definition) is 2.